The van der Waals surface area contributed by atoms with E-state index in [-0.39, 0.29) is 24.1 Å². The van der Waals surface area contributed by atoms with Gasteiger partial charge in [0.05, 0.1) is 12.1 Å². The fourth-order valence-corrected chi connectivity index (χ4v) is 2.69. The number of nitrogens with zero attached hydrogens (tertiary/aromatic N) is 2. The highest BCUT2D eigenvalue weighted by atomic mass is 16.4. The number of carbonyl (C=O) groups excluding carboxylic acids is 3. The standard InChI is InChI=1S/C20H23N3O5/c1-14(16-8-6-15(7-9-16)13-20(27)28)21-22-17(24)5-3-2-4-12-23-18(25)10-11-19(23)26/h6-11H,2-5,12-13H2,1H3,(H,22,24)(H,27,28)/b21-14+. The summed E-state index contributed by atoms with van der Waals surface area (Å²) in [5.74, 6) is -1.68. The zero-order valence-electron chi connectivity index (χ0n) is 15.7. The van der Waals surface area contributed by atoms with Gasteiger partial charge < -0.3 is 5.11 Å². The summed E-state index contributed by atoms with van der Waals surface area (Å²) in [6, 6.07) is 6.96. The Bertz CT molecular complexity index is 794. The molecule has 1 aliphatic rings. The van der Waals surface area contributed by atoms with Crippen LogP contribution in [-0.4, -0.2) is 46.0 Å². The van der Waals surface area contributed by atoms with Gasteiger partial charge in [-0.05, 0) is 30.9 Å². The molecule has 0 unspecified atom stereocenters. The van der Waals surface area contributed by atoms with Crippen molar-refractivity contribution in [2.75, 3.05) is 6.54 Å². The number of nitrogens with one attached hydrogen (secondary N) is 1. The van der Waals surface area contributed by atoms with Gasteiger partial charge in [-0.3, -0.25) is 24.1 Å². The molecule has 8 nitrogen and oxygen atoms in total. The smallest absolute Gasteiger partial charge is 0.307 e. The first-order chi connectivity index (χ1) is 13.4. The summed E-state index contributed by atoms with van der Waals surface area (Å²) in [4.78, 5) is 46.5. The van der Waals surface area contributed by atoms with Gasteiger partial charge in [-0.15, -0.1) is 0 Å². The van der Waals surface area contributed by atoms with E-state index in [1.165, 1.54) is 17.1 Å². The number of hydrogen-bond donors (Lipinski definition) is 2. The molecular formula is C20H23N3O5. The lowest BCUT2D eigenvalue weighted by Gasteiger charge is -2.12. The van der Waals surface area contributed by atoms with Crippen LogP contribution in [0.1, 0.15) is 43.7 Å². The molecular weight excluding hydrogens is 362 g/mol. The number of aliphatic carboxylic acids is 1. The summed E-state index contributed by atoms with van der Waals surface area (Å²) >= 11 is 0. The largest absolute Gasteiger partial charge is 0.481 e. The van der Waals surface area contributed by atoms with Gasteiger partial charge in [0.1, 0.15) is 0 Å². The molecule has 1 heterocycles. The fraction of sp³-hybridized carbons (Fsp3) is 0.350. The Morgan fingerprint density at radius 3 is 2.29 bits per heavy atom. The lowest BCUT2D eigenvalue weighted by Crippen LogP contribution is -2.30. The van der Waals surface area contributed by atoms with Gasteiger partial charge in [0.2, 0.25) is 5.91 Å². The van der Waals surface area contributed by atoms with E-state index in [9.17, 15) is 19.2 Å². The molecule has 1 aromatic carbocycles. The molecule has 2 N–H and O–H groups in total. The first kappa shape index (κ1) is 21.0. The monoisotopic (exact) mass is 385 g/mol. The molecule has 0 bridgehead atoms. The van der Waals surface area contributed by atoms with Crippen LogP contribution in [0.15, 0.2) is 41.5 Å². The van der Waals surface area contributed by atoms with E-state index in [1.807, 2.05) is 0 Å². The maximum atomic E-state index is 11.9. The van der Waals surface area contributed by atoms with E-state index < -0.39 is 5.97 Å². The molecule has 0 saturated heterocycles. The predicted octanol–water partition coefficient (Wildman–Crippen LogP) is 1.64. The van der Waals surface area contributed by atoms with Crippen LogP contribution < -0.4 is 5.43 Å². The van der Waals surface area contributed by atoms with Crippen molar-refractivity contribution in [3.63, 3.8) is 0 Å². The normalized spacial score (nSPS) is 13.9. The Morgan fingerprint density at radius 1 is 1.04 bits per heavy atom. The van der Waals surface area contributed by atoms with Crippen molar-refractivity contribution in [2.45, 2.75) is 39.0 Å². The molecule has 0 atom stereocenters. The number of carboxylic acid groups (broad SMARTS) is 1. The topological polar surface area (TPSA) is 116 Å². The Balaban J connectivity index is 1.67. The molecule has 3 amide bonds. The number of benzene rings is 1. The highest BCUT2D eigenvalue weighted by Gasteiger charge is 2.22. The minimum atomic E-state index is -0.888. The van der Waals surface area contributed by atoms with Gasteiger partial charge in [0.25, 0.3) is 11.8 Å². The van der Waals surface area contributed by atoms with Crippen molar-refractivity contribution < 1.29 is 24.3 Å². The second-order valence-corrected chi connectivity index (χ2v) is 6.47. The van der Waals surface area contributed by atoms with Crippen molar-refractivity contribution in [1.29, 1.82) is 0 Å². The van der Waals surface area contributed by atoms with Gasteiger partial charge in [0, 0.05) is 25.1 Å². The Labute approximate surface area is 162 Å². The Morgan fingerprint density at radius 2 is 1.68 bits per heavy atom. The van der Waals surface area contributed by atoms with Crippen LogP contribution in [0.5, 0.6) is 0 Å². The number of amides is 3. The number of carboxylic acids is 1. The molecule has 148 valence electrons. The maximum Gasteiger partial charge on any atom is 0.307 e. The van der Waals surface area contributed by atoms with Crippen molar-refractivity contribution in [2.24, 2.45) is 5.10 Å². The van der Waals surface area contributed by atoms with Crippen LogP contribution in [0.25, 0.3) is 0 Å². The third kappa shape index (κ3) is 6.46. The van der Waals surface area contributed by atoms with Crippen LogP contribution in [0.2, 0.25) is 0 Å². The summed E-state index contributed by atoms with van der Waals surface area (Å²) in [5.41, 5.74) is 4.61. The molecule has 1 aromatic rings. The van der Waals surface area contributed by atoms with E-state index in [2.05, 4.69) is 10.5 Å². The molecule has 2 rings (SSSR count). The summed E-state index contributed by atoms with van der Waals surface area (Å²) in [5, 5.41) is 12.8. The number of hydrogen-bond acceptors (Lipinski definition) is 5. The zero-order chi connectivity index (χ0) is 20.5. The number of rotatable bonds is 10. The molecule has 0 radical (unpaired) electrons. The van der Waals surface area contributed by atoms with Crippen LogP contribution in [-0.2, 0) is 25.6 Å². The molecule has 0 spiro atoms. The number of imide groups is 1. The third-order valence-corrected chi connectivity index (χ3v) is 4.26. The maximum absolute atomic E-state index is 11.9. The van der Waals surface area contributed by atoms with E-state index >= 15 is 0 Å². The minimum Gasteiger partial charge on any atom is -0.481 e. The molecule has 1 aliphatic heterocycles. The lowest BCUT2D eigenvalue weighted by molar-refractivity contribution is -0.137. The van der Waals surface area contributed by atoms with Crippen LogP contribution in [0, 0.1) is 0 Å². The van der Waals surface area contributed by atoms with E-state index in [0.717, 1.165) is 12.0 Å². The zero-order valence-corrected chi connectivity index (χ0v) is 15.7. The van der Waals surface area contributed by atoms with Crippen molar-refractivity contribution in [3.8, 4) is 0 Å². The van der Waals surface area contributed by atoms with E-state index in [1.54, 1.807) is 31.2 Å². The van der Waals surface area contributed by atoms with Gasteiger partial charge in [0.15, 0.2) is 0 Å². The predicted molar refractivity (Wildman–Crippen MR) is 102 cm³/mol. The molecule has 8 heteroatoms. The molecule has 0 aromatic heterocycles. The van der Waals surface area contributed by atoms with Gasteiger partial charge in [-0.25, -0.2) is 5.43 Å². The fourth-order valence-electron chi connectivity index (χ4n) is 2.69. The minimum absolute atomic E-state index is 0.0379. The van der Waals surface area contributed by atoms with Crippen LogP contribution in [0.3, 0.4) is 0 Å². The second kappa shape index (κ2) is 10.1. The lowest BCUT2D eigenvalue weighted by atomic mass is 10.1. The van der Waals surface area contributed by atoms with Crippen LogP contribution in [0.4, 0.5) is 0 Å². The Hall–Kier alpha value is -3.29. The average Bonchev–Trinajstić information content (AvgIpc) is 2.97. The highest BCUT2D eigenvalue weighted by molar-refractivity contribution is 6.12. The Kier molecular flexibility index (Phi) is 7.62. The number of unbranched alkanes of at least 4 members (excludes halogenated alkanes) is 2. The van der Waals surface area contributed by atoms with Gasteiger partial charge in [-0.1, -0.05) is 30.7 Å². The SMILES string of the molecule is C/C(=N\NC(=O)CCCCCN1C(=O)C=CC1=O)c1ccc(CC(=O)O)cc1. The van der Waals surface area contributed by atoms with Gasteiger partial charge in [-0.2, -0.15) is 5.10 Å². The molecule has 28 heavy (non-hydrogen) atoms. The first-order valence-electron chi connectivity index (χ1n) is 9.04. The number of hydrazone groups is 1. The molecule has 0 aliphatic carbocycles. The third-order valence-electron chi connectivity index (χ3n) is 4.26. The number of carbonyl (C=O) groups is 4. The summed E-state index contributed by atoms with van der Waals surface area (Å²) in [6.45, 7) is 2.12. The highest BCUT2D eigenvalue weighted by Crippen LogP contribution is 2.08. The average molecular weight is 385 g/mol. The van der Waals surface area contributed by atoms with Crippen molar-refractivity contribution in [3.05, 3.63) is 47.5 Å². The summed E-state index contributed by atoms with van der Waals surface area (Å²) in [6.07, 6.45) is 4.79. The molecule has 0 fully saturated rings. The first-order valence-corrected chi connectivity index (χ1v) is 9.04. The van der Waals surface area contributed by atoms with Crippen molar-refractivity contribution in [1.82, 2.24) is 10.3 Å². The quantitative estimate of drug-likeness (QED) is 0.275. The van der Waals surface area contributed by atoms with Crippen LogP contribution >= 0.6 is 0 Å². The summed E-state index contributed by atoms with van der Waals surface area (Å²) < 4.78 is 0. The van der Waals surface area contributed by atoms with E-state index in [4.69, 9.17) is 5.11 Å². The molecule has 0 saturated carbocycles. The van der Waals surface area contributed by atoms with Crippen molar-refractivity contribution >= 4 is 29.4 Å². The van der Waals surface area contributed by atoms with Gasteiger partial charge >= 0.3 is 5.97 Å². The second-order valence-electron chi connectivity index (χ2n) is 6.47. The van der Waals surface area contributed by atoms with E-state index in [0.29, 0.717) is 37.1 Å². The summed E-state index contributed by atoms with van der Waals surface area (Å²) in [7, 11) is 0.